The van der Waals surface area contributed by atoms with Gasteiger partial charge in [0.05, 0.1) is 6.54 Å². The van der Waals surface area contributed by atoms with Crippen LogP contribution in [0.4, 0.5) is 0 Å². The van der Waals surface area contributed by atoms with E-state index in [2.05, 4.69) is 10.6 Å². The summed E-state index contributed by atoms with van der Waals surface area (Å²) in [4.78, 5) is 21.5. The zero-order valence-electron chi connectivity index (χ0n) is 9.34. The van der Waals surface area contributed by atoms with Crippen LogP contribution in [0, 0.1) is 0 Å². The number of nitrogens with one attached hydrogen (secondary N) is 2. The van der Waals surface area contributed by atoms with Gasteiger partial charge in [0, 0.05) is 6.42 Å². The van der Waals surface area contributed by atoms with Crippen molar-refractivity contribution in [2.24, 2.45) is 5.73 Å². The van der Waals surface area contributed by atoms with Crippen molar-refractivity contribution in [3.8, 4) is 0 Å². The van der Waals surface area contributed by atoms with E-state index in [0.717, 1.165) is 32.2 Å². The molecule has 0 rings (SSSR count). The van der Waals surface area contributed by atoms with Gasteiger partial charge >= 0.3 is 0 Å². The predicted molar refractivity (Wildman–Crippen MR) is 59.2 cm³/mol. The normalized spacial score (nSPS) is 9.93. The average Bonchev–Trinajstić information content (AvgIpc) is 2.20. The Morgan fingerprint density at radius 2 is 1.80 bits per heavy atom. The SMILES string of the molecule is CNCCCCCCC(=O)NCC(N)=O. The maximum absolute atomic E-state index is 11.1. The van der Waals surface area contributed by atoms with Crippen LogP contribution in [-0.4, -0.2) is 32.0 Å². The third-order valence-corrected chi connectivity index (χ3v) is 2.04. The van der Waals surface area contributed by atoms with Gasteiger partial charge in [-0.15, -0.1) is 0 Å². The molecule has 0 atom stereocenters. The molecule has 0 aliphatic heterocycles. The van der Waals surface area contributed by atoms with Gasteiger partial charge in [-0.3, -0.25) is 9.59 Å². The molecule has 0 spiro atoms. The van der Waals surface area contributed by atoms with Crippen LogP contribution in [0.5, 0.6) is 0 Å². The summed E-state index contributed by atoms with van der Waals surface area (Å²) in [5.41, 5.74) is 4.89. The highest BCUT2D eigenvalue weighted by molar-refractivity contribution is 5.83. The van der Waals surface area contributed by atoms with Crippen LogP contribution in [0.2, 0.25) is 0 Å². The molecule has 0 saturated heterocycles. The molecule has 15 heavy (non-hydrogen) atoms. The van der Waals surface area contributed by atoms with Crippen LogP contribution >= 0.6 is 0 Å². The maximum Gasteiger partial charge on any atom is 0.236 e. The molecule has 0 fully saturated rings. The molecular formula is C10H21N3O2. The van der Waals surface area contributed by atoms with Gasteiger partial charge in [0.25, 0.3) is 0 Å². The van der Waals surface area contributed by atoms with Crippen molar-refractivity contribution in [3.63, 3.8) is 0 Å². The highest BCUT2D eigenvalue weighted by Crippen LogP contribution is 2.01. The van der Waals surface area contributed by atoms with Crippen LogP contribution in [0.3, 0.4) is 0 Å². The molecule has 0 aliphatic rings. The number of primary amides is 1. The van der Waals surface area contributed by atoms with E-state index >= 15 is 0 Å². The molecule has 0 bridgehead atoms. The Hall–Kier alpha value is -1.10. The van der Waals surface area contributed by atoms with Crippen molar-refractivity contribution in [1.82, 2.24) is 10.6 Å². The molecule has 0 aliphatic carbocycles. The lowest BCUT2D eigenvalue weighted by atomic mass is 10.1. The van der Waals surface area contributed by atoms with E-state index in [1.807, 2.05) is 7.05 Å². The number of rotatable bonds is 9. The summed E-state index contributed by atoms with van der Waals surface area (Å²) in [5.74, 6) is -0.597. The van der Waals surface area contributed by atoms with Gasteiger partial charge in [0.15, 0.2) is 0 Å². The van der Waals surface area contributed by atoms with Crippen molar-refractivity contribution in [1.29, 1.82) is 0 Å². The molecule has 0 aromatic heterocycles. The smallest absolute Gasteiger partial charge is 0.236 e. The first-order valence-electron chi connectivity index (χ1n) is 5.36. The summed E-state index contributed by atoms with van der Waals surface area (Å²) in [6.07, 6.45) is 4.66. The summed E-state index contributed by atoms with van der Waals surface area (Å²) >= 11 is 0. The summed E-state index contributed by atoms with van der Waals surface area (Å²) in [7, 11) is 1.93. The predicted octanol–water partition coefficient (Wildman–Crippen LogP) is -0.242. The lowest BCUT2D eigenvalue weighted by Crippen LogP contribution is -2.33. The van der Waals surface area contributed by atoms with Gasteiger partial charge < -0.3 is 16.4 Å². The Morgan fingerprint density at radius 3 is 2.40 bits per heavy atom. The van der Waals surface area contributed by atoms with E-state index in [9.17, 15) is 9.59 Å². The maximum atomic E-state index is 11.1. The first-order chi connectivity index (χ1) is 7.16. The van der Waals surface area contributed by atoms with Crippen molar-refractivity contribution in [3.05, 3.63) is 0 Å². The van der Waals surface area contributed by atoms with Crippen molar-refractivity contribution in [2.45, 2.75) is 32.1 Å². The molecule has 0 aromatic carbocycles. The average molecular weight is 215 g/mol. The van der Waals surface area contributed by atoms with Crippen molar-refractivity contribution < 1.29 is 9.59 Å². The minimum absolute atomic E-state index is 0.0570. The minimum atomic E-state index is -0.502. The van der Waals surface area contributed by atoms with E-state index in [1.165, 1.54) is 0 Å². The van der Waals surface area contributed by atoms with Crippen molar-refractivity contribution >= 4 is 11.8 Å². The topological polar surface area (TPSA) is 84.2 Å². The Labute approximate surface area is 90.8 Å². The number of hydrogen-bond donors (Lipinski definition) is 3. The van der Waals surface area contributed by atoms with Gasteiger partial charge in [0.1, 0.15) is 0 Å². The fourth-order valence-corrected chi connectivity index (χ4v) is 1.21. The standard InChI is InChI=1S/C10H21N3O2/c1-12-7-5-3-2-4-6-10(15)13-8-9(11)14/h12H,2-8H2,1H3,(H2,11,14)(H,13,15). The van der Waals surface area contributed by atoms with Gasteiger partial charge in [0.2, 0.25) is 11.8 Å². The fourth-order valence-electron chi connectivity index (χ4n) is 1.21. The highest BCUT2D eigenvalue weighted by atomic mass is 16.2. The van der Waals surface area contributed by atoms with E-state index in [0.29, 0.717) is 6.42 Å². The van der Waals surface area contributed by atoms with E-state index in [-0.39, 0.29) is 12.5 Å². The quantitative estimate of drug-likeness (QED) is 0.464. The first-order valence-corrected chi connectivity index (χ1v) is 5.36. The molecule has 2 amide bonds. The number of carbonyl (C=O) groups is 2. The van der Waals surface area contributed by atoms with Gasteiger partial charge in [-0.1, -0.05) is 12.8 Å². The Balaban J connectivity index is 3.20. The van der Waals surface area contributed by atoms with Gasteiger partial charge in [-0.25, -0.2) is 0 Å². The molecular weight excluding hydrogens is 194 g/mol. The lowest BCUT2D eigenvalue weighted by molar-refractivity contribution is -0.124. The lowest BCUT2D eigenvalue weighted by Gasteiger charge is -2.02. The van der Waals surface area contributed by atoms with E-state index in [4.69, 9.17) is 5.73 Å². The van der Waals surface area contributed by atoms with Gasteiger partial charge in [-0.2, -0.15) is 0 Å². The Morgan fingerprint density at radius 1 is 1.13 bits per heavy atom. The highest BCUT2D eigenvalue weighted by Gasteiger charge is 2.01. The fraction of sp³-hybridized carbons (Fsp3) is 0.800. The summed E-state index contributed by atoms with van der Waals surface area (Å²) in [6, 6.07) is 0. The molecule has 88 valence electrons. The number of nitrogens with two attached hydrogens (primary N) is 1. The second-order valence-electron chi connectivity index (χ2n) is 3.51. The zero-order chi connectivity index (χ0) is 11.5. The largest absolute Gasteiger partial charge is 0.368 e. The molecule has 0 aromatic rings. The number of amides is 2. The van der Waals surface area contributed by atoms with E-state index in [1.54, 1.807) is 0 Å². The molecule has 0 saturated carbocycles. The second-order valence-corrected chi connectivity index (χ2v) is 3.51. The number of carbonyl (C=O) groups excluding carboxylic acids is 2. The molecule has 5 heteroatoms. The summed E-state index contributed by atoms with van der Waals surface area (Å²) in [5, 5.41) is 5.53. The number of hydrogen-bond acceptors (Lipinski definition) is 3. The van der Waals surface area contributed by atoms with E-state index < -0.39 is 5.91 Å². The number of unbranched alkanes of at least 4 members (excludes halogenated alkanes) is 3. The molecule has 5 nitrogen and oxygen atoms in total. The van der Waals surface area contributed by atoms with Crippen LogP contribution in [0.25, 0.3) is 0 Å². The van der Waals surface area contributed by atoms with Crippen molar-refractivity contribution in [2.75, 3.05) is 20.1 Å². The second kappa shape index (κ2) is 9.45. The monoisotopic (exact) mass is 215 g/mol. The van der Waals surface area contributed by atoms with Gasteiger partial charge in [-0.05, 0) is 26.4 Å². The first kappa shape index (κ1) is 13.9. The summed E-state index contributed by atoms with van der Waals surface area (Å²) < 4.78 is 0. The van der Waals surface area contributed by atoms with Crippen LogP contribution < -0.4 is 16.4 Å². The van der Waals surface area contributed by atoms with Crippen LogP contribution in [0.1, 0.15) is 32.1 Å². The Bertz CT molecular complexity index is 195. The molecule has 0 unspecified atom stereocenters. The third kappa shape index (κ3) is 10.8. The van der Waals surface area contributed by atoms with Crippen LogP contribution in [0.15, 0.2) is 0 Å². The molecule has 0 radical (unpaired) electrons. The van der Waals surface area contributed by atoms with Crippen LogP contribution in [-0.2, 0) is 9.59 Å². The molecule has 0 heterocycles. The molecule has 4 N–H and O–H groups in total. The summed E-state index contributed by atoms with van der Waals surface area (Å²) in [6.45, 7) is 0.965. The zero-order valence-corrected chi connectivity index (χ0v) is 9.34. The third-order valence-electron chi connectivity index (χ3n) is 2.04. The minimum Gasteiger partial charge on any atom is -0.368 e. The Kier molecular flexibility index (Phi) is 8.76.